The van der Waals surface area contributed by atoms with Gasteiger partial charge in [0.05, 0.1) is 0 Å². The molecule has 2 aromatic carbocycles. The van der Waals surface area contributed by atoms with Crippen LogP contribution in [-0.2, 0) is 11.3 Å². The van der Waals surface area contributed by atoms with E-state index in [2.05, 4.69) is 16.0 Å². The van der Waals surface area contributed by atoms with Crippen molar-refractivity contribution in [3.63, 3.8) is 0 Å². The molecule has 2 aromatic rings. The van der Waals surface area contributed by atoms with Gasteiger partial charge < -0.3 is 21.1 Å². The largest absolute Gasteiger partial charge is 0.480 e. The molecule has 7 nitrogen and oxygen atoms in total. The average Bonchev–Trinajstić information content (AvgIpc) is 2.59. The molecule has 7 heteroatoms. The molecule has 0 bridgehead atoms. The first-order valence-corrected chi connectivity index (χ1v) is 7.23. The molecule has 0 aliphatic heterocycles. The molecular formula is C17H19N3O4. The van der Waals surface area contributed by atoms with Crippen LogP contribution in [0.5, 0.6) is 0 Å². The molecule has 0 aliphatic carbocycles. The number of nitrogens with one attached hydrogen (secondary N) is 3. The number of benzene rings is 2. The van der Waals surface area contributed by atoms with E-state index in [1.165, 1.54) is 12.1 Å². The van der Waals surface area contributed by atoms with Crippen molar-refractivity contribution in [3.8, 4) is 0 Å². The predicted octanol–water partition coefficient (Wildman–Crippen LogP) is 2.07. The van der Waals surface area contributed by atoms with Crippen LogP contribution in [0.15, 0.2) is 54.6 Å². The summed E-state index contributed by atoms with van der Waals surface area (Å²) in [5, 5.41) is 16.1. The van der Waals surface area contributed by atoms with Crippen molar-refractivity contribution in [2.24, 2.45) is 0 Å². The molecule has 0 fully saturated rings. The van der Waals surface area contributed by atoms with Crippen LogP contribution in [0.2, 0.25) is 0 Å². The van der Waals surface area contributed by atoms with Crippen LogP contribution in [0, 0.1) is 0 Å². The summed E-state index contributed by atoms with van der Waals surface area (Å²) in [5.41, 5.74) is 1.66. The lowest BCUT2D eigenvalue weighted by atomic mass is 10.2. The van der Waals surface area contributed by atoms with Gasteiger partial charge in [-0.2, -0.15) is 0 Å². The van der Waals surface area contributed by atoms with Gasteiger partial charge in [0.2, 0.25) is 0 Å². The van der Waals surface area contributed by atoms with Crippen LogP contribution in [0.1, 0.15) is 17.3 Å². The first-order chi connectivity index (χ1) is 11.5. The predicted molar refractivity (Wildman–Crippen MR) is 90.8 cm³/mol. The summed E-state index contributed by atoms with van der Waals surface area (Å²) in [5.74, 6) is -1.65. The second kappa shape index (κ2) is 8.33. The van der Waals surface area contributed by atoms with Gasteiger partial charge in [0, 0.05) is 19.2 Å². The smallest absolute Gasteiger partial charge is 0.322 e. The normalized spacial score (nSPS) is 9.83. The van der Waals surface area contributed by atoms with Crippen molar-refractivity contribution < 1.29 is 20.9 Å². The number of aliphatic carboxylic acids is 1. The Bertz CT molecular complexity index is 738. The Morgan fingerprint density at radius 1 is 0.958 bits per heavy atom. The van der Waals surface area contributed by atoms with Crippen molar-refractivity contribution in [3.05, 3.63) is 65.7 Å². The lowest BCUT2D eigenvalue weighted by Gasteiger charge is -2.09. The number of anilines is 1. The monoisotopic (exact) mass is 329 g/mol. The SMILES string of the molecule is O=C(O)CNC(=O)c1cccc(NC(=O)NCc2ccccc2)c1.[HH]. The first kappa shape index (κ1) is 17.0. The van der Waals surface area contributed by atoms with Crippen LogP contribution >= 0.6 is 0 Å². The molecule has 126 valence electrons. The van der Waals surface area contributed by atoms with Crippen molar-refractivity contribution in [2.45, 2.75) is 6.54 Å². The summed E-state index contributed by atoms with van der Waals surface area (Å²) in [7, 11) is 0. The number of rotatable bonds is 6. The van der Waals surface area contributed by atoms with Crippen LogP contribution in [-0.4, -0.2) is 29.6 Å². The number of amides is 3. The maximum atomic E-state index is 11.9. The van der Waals surface area contributed by atoms with Crippen LogP contribution in [0.4, 0.5) is 10.5 Å². The molecule has 2 rings (SSSR count). The molecule has 0 unspecified atom stereocenters. The molecule has 0 heterocycles. The molecule has 3 amide bonds. The minimum atomic E-state index is -1.13. The minimum absolute atomic E-state index is 0. The van der Waals surface area contributed by atoms with E-state index < -0.39 is 24.5 Å². The average molecular weight is 329 g/mol. The molecule has 0 aliphatic rings. The molecule has 0 radical (unpaired) electrons. The van der Waals surface area contributed by atoms with Gasteiger partial charge in [-0.1, -0.05) is 36.4 Å². The number of carbonyl (C=O) groups is 3. The first-order valence-electron chi connectivity index (χ1n) is 7.23. The molecule has 0 atom stereocenters. The van der Waals surface area contributed by atoms with Gasteiger partial charge >= 0.3 is 12.0 Å². The van der Waals surface area contributed by atoms with Crippen LogP contribution < -0.4 is 16.0 Å². The van der Waals surface area contributed by atoms with Gasteiger partial charge in [-0.05, 0) is 23.8 Å². The summed E-state index contributed by atoms with van der Waals surface area (Å²) in [6.45, 7) is -0.0838. The number of hydrogen-bond donors (Lipinski definition) is 4. The number of carboxylic acid groups (broad SMARTS) is 1. The van der Waals surface area contributed by atoms with E-state index in [1.807, 2.05) is 30.3 Å². The van der Waals surface area contributed by atoms with Crippen LogP contribution in [0.25, 0.3) is 0 Å². The van der Waals surface area contributed by atoms with Gasteiger partial charge in [0.25, 0.3) is 5.91 Å². The van der Waals surface area contributed by atoms with E-state index in [0.717, 1.165) is 5.56 Å². The summed E-state index contributed by atoms with van der Waals surface area (Å²) >= 11 is 0. The third kappa shape index (κ3) is 5.45. The summed E-state index contributed by atoms with van der Waals surface area (Å²) in [6.07, 6.45) is 0. The van der Waals surface area contributed by atoms with E-state index in [0.29, 0.717) is 12.2 Å². The molecular weight excluding hydrogens is 310 g/mol. The van der Waals surface area contributed by atoms with Crippen LogP contribution in [0.3, 0.4) is 0 Å². The molecule has 24 heavy (non-hydrogen) atoms. The van der Waals surface area contributed by atoms with Gasteiger partial charge in [-0.3, -0.25) is 9.59 Å². The van der Waals surface area contributed by atoms with Crippen molar-refractivity contribution in [1.29, 1.82) is 0 Å². The Hall–Kier alpha value is -3.35. The van der Waals surface area contributed by atoms with Crippen molar-refractivity contribution in [1.82, 2.24) is 10.6 Å². The highest BCUT2D eigenvalue weighted by molar-refractivity contribution is 5.98. The highest BCUT2D eigenvalue weighted by Gasteiger charge is 2.09. The van der Waals surface area contributed by atoms with E-state index in [4.69, 9.17) is 5.11 Å². The van der Waals surface area contributed by atoms with Gasteiger partial charge in [0.15, 0.2) is 0 Å². The zero-order chi connectivity index (χ0) is 17.4. The minimum Gasteiger partial charge on any atom is -0.480 e. The number of carboxylic acids is 1. The number of hydrogen-bond acceptors (Lipinski definition) is 3. The standard InChI is InChI=1S/C17H17N3O4.H2/c21-15(22)11-18-16(23)13-7-4-8-14(9-13)20-17(24)19-10-12-5-2-1-3-6-12;/h1-9H,10-11H2,(H,18,23)(H,21,22)(H2,19,20,24);1H. The van der Waals surface area contributed by atoms with E-state index in [1.54, 1.807) is 12.1 Å². The Morgan fingerprint density at radius 2 is 1.71 bits per heavy atom. The quantitative estimate of drug-likeness (QED) is 0.650. The number of carbonyl (C=O) groups excluding carboxylic acids is 2. The van der Waals surface area contributed by atoms with E-state index in [-0.39, 0.29) is 6.99 Å². The second-order valence-electron chi connectivity index (χ2n) is 4.95. The van der Waals surface area contributed by atoms with Crippen molar-refractivity contribution in [2.75, 3.05) is 11.9 Å². The molecule has 0 spiro atoms. The topological polar surface area (TPSA) is 108 Å². The second-order valence-corrected chi connectivity index (χ2v) is 4.95. The lowest BCUT2D eigenvalue weighted by molar-refractivity contribution is -0.135. The third-order valence-electron chi connectivity index (χ3n) is 3.08. The zero-order valence-corrected chi connectivity index (χ0v) is 12.8. The maximum absolute atomic E-state index is 11.9. The Morgan fingerprint density at radius 3 is 2.42 bits per heavy atom. The van der Waals surface area contributed by atoms with Gasteiger partial charge in [0.1, 0.15) is 6.54 Å². The van der Waals surface area contributed by atoms with Gasteiger partial charge in [-0.15, -0.1) is 0 Å². The number of urea groups is 1. The van der Waals surface area contributed by atoms with E-state index in [9.17, 15) is 14.4 Å². The fraction of sp³-hybridized carbons (Fsp3) is 0.118. The lowest BCUT2D eigenvalue weighted by Crippen LogP contribution is -2.30. The van der Waals surface area contributed by atoms with Crippen molar-refractivity contribution >= 4 is 23.6 Å². The fourth-order valence-electron chi connectivity index (χ4n) is 1.95. The Balaban J connectivity index is 0.00000312. The molecule has 0 saturated carbocycles. The fourth-order valence-corrected chi connectivity index (χ4v) is 1.95. The summed E-state index contributed by atoms with van der Waals surface area (Å²) < 4.78 is 0. The molecule has 0 saturated heterocycles. The molecule has 4 N–H and O–H groups in total. The highest BCUT2D eigenvalue weighted by atomic mass is 16.4. The third-order valence-corrected chi connectivity index (χ3v) is 3.08. The zero-order valence-electron chi connectivity index (χ0n) is 12.8. The van der Waals surface area contributed by atoms with E-state index >= 15 is 0 Å². The molecule has 0 aromatic heterocycles. The Kier molecular flexibility index (Phi) is 5.90. The maximum Gasteiger partial charge on any atom is 0.322 e. The summed E-state index contributed by atoms with van der Waals surface area (Å²) in [6, 6.07) is 15.3. The van der Waals surface area contributed by atoms with Gasteiger partial charge in [-0.25, -0.2) is 4.79 Å². The highest BCUT2D eigenvalue weighted by Crippen LogP contribution is 2.10. The summed E-state index contributed by atoms with van der Waals surface area (Å²) in [4.78, 5) is 34.1. The Labute approximate surface area is 140 Å².